The van der Waals surface area contributed by atoms with Gasteiger partial charge in [0.15, 0.2) is 5.82 Å². The van der Waals surface area contributed by atoms with Gasteiger partial charge in [0.25, 0.3) is 0 Å². The van der Waals surface area contributed by atoms with E-state index >= 15 is 0 Å². The van der Waals surface area contributed by atoms with E-state index in [1.165, 1.54) is 9.25 Å². The molecule has 0 aliphatic carbocycles. The van der Waals surface area contributed by atoms with Crippen LogP contribution in [0.25, 0.3) is 11.5 Å². The number of aromatic nitrogens is 4. The van der Waals surface area contributed by atoms with E-state index in [0.717, 1.165) is 0 Å². The molecule has 19 heavy (non-hydrogen) atoms. The number of ketones is 1. The highest BCUT2D eigenvalue weighted by Gasteiger charge is 2.12. The summed E-state index contributed by atoms with van der Waals surface area (Å²) in [5.74, 6) is 0.655. The van der Waals surface area contributed by atoms with Crippen molar-refractivity contribution in [2.45, 2.75) is 26.3 Å². The molecule has 0 aliphatic rings. The summed E-state index contributed by atoms with van der Waals surface area (Å²) in [6.45, 7) is 1.99. The van der Waals surface area contributed by atoms with E-state index in [-0.39, 0.29) is 11.5 Å². The molecular weight excluding hydrogens is 244 g/mol. The van der Waals surface area contributed by atoms with Crippen molar-refractivity contribution in [1.29, 1.82) is 0 Å². The summed E-state index contributed by atoms with van der Waals surface area (Å²) in [5, 5.41) is 4.27. The van der Waals surface area contributed by atoms with E-state index in [0.29, 0.717) is 30.9 Å². The smallest absolute Gasteiger partial charge is 0.300 e. The third-order valence-electron chi connectivity index (χ3n) is 2.83. The summed E-state index contributed by atoms with van der Waals surface area (Å²) >= 11 is 0. The summed E-state index contributed by atoms with van der Waals surface area (Å²) in [7, 11) is 1.67. The minimum absolute atomic E-state index is 0.119. The SMILES string of the molecule is CC(=O)CCCn1nc(-c2ccccn2)n(C)c1=O. The predicted octanol–water partition coefficient (Wildman–Crippen LogP) is 1.01. The lowest BCUT2D eigenvalue weighted by molar-refractivity contribution is -0.117. The van der Waals surface area contributed by atoms with Crippen molar-refractivity contribution in [2.24, 2.45) is 7.05 Å². The first-order chi connectivity index (χ1) is 9.09. The van der Waals surface area contributed by atoms with E-state index in [1.54, 1.807) is 20.2 Å². The molecular formula is C13H16N4O2. The van der Waals surface area contributed by atoms with Gasteiger partial charge in [0.05, 0.1) is 0 Å². The molecule has 0 amide bonds. The largest absolute Gasteiger partial charge is 0.345 e. The number of rotatable bonds is 5. The van der Waals surface area contributed by atoms with Gasteiger partial charge in [-0.2, -0.15) is 0 Å². The molecule has 0 aromatic carbocycles. The van der Waals surface area contributed by atoms with Crippen LogP contribution >= 0.6 is 0 Å². The molecule has 0 unspecified atom stereocenters. The van der Waals surface area contributed by atoms with Crippen LogP contribution in [0.1, 0.15) is 19.8 Å². The van der Waals surface area contributed by atoms with Gasteiger partial charge in [0, 0.05) is 26.2 Å². The Morgan fingerprint density at radius 2 is 2.16 bits per heavy atom. The molecule has 2 heterocycles. The van der Waals surface area contributed by atoms with E-state index < -0.39 is 0 Å². The normalized spacial score (nSPS) is 10.6. The van der Waals surface area contributed by atoms with E-state index in [1.807, 2.05) is 18.2 Å². The average Bonchev–Trinajstić information content (AvgIpc) is 2.68. The van der Waals surface area contributed by atoms with Crippen molar-refractivity contribution in [3.05, 3.63) is 34.9 Å². The molecule has 0 saturated heterocycles. The molecule has 0 atom stereocenters. The Bertz CT molecular complexity index is 628. The zero-order chi connectivity index (χ0) is 13.8. The van der Waals surface area contributed by atoms with Gasteiger partial charge in [-0.15, -0.1) is 5.10 Å². The Morgan fingerprint density at radius 1 is 1.37 bits per heavy atom. The van der Waals surface area contributed by atoms with Crippen LogP contribution in [-0.4, -0.2) is 25.1 Å². The first-order valence-electron chi connectivity index (χ1n) is 6.14. The fourth-order valence-electron chi connectivity index (χ4n) is 1.83. The van der Waals surface area contributed by atoms with Gasteiger partial charge in [0.2, 0.25) is 0 Å². The van der Waals surface area contributed by atoms with Crippen LogP contribution in [0.4, 0.5) is 0 Å². The van der Waals surface area contributed by atoms with Crippen molar-refractivity contribution in [3.63, 3.8) is 0 Å². The fraction of sp³-hybridized carbons (Fsp3) is 0.385. The quantitative estimate of drug-likeness (QED) is 0.804. The van der Waals surface area contributed by atoms with Crippen molar-refractivity contribution in [2.75, 3.05) is 0 Å². The minimum Gasteiger partial charge on any atom is -0.300 e. The molecule has 100 valence electrons. The van der Waals surface area contributed by atoms with Crippen molar-refractivity contribution in [1.82, 2.24) is 19.3 Å². The highest BCUT2D eigenvalue weighted by molar-refractivity contribution is 5.75. The van der Waals surface area contributed by atoms with Crippen molar-refractivity contribution < 1.29 is 4.79 Å². The van der Waals surface area contributed by atoms with Gasteiger partial charge in [-0.05, 0) is 25.5 Å². The molecule has 0 radical (unpaired) electrons. The van der Waals surface area contributed by atoms with E-state index in [2.05, 4.69) is 10.1 Å². The van der Waals surface area contributed by atoms with Crippen LogP contribution in [0.5, 0.6) is 0 Å². The average molecular weight is 260 g/mol. The van der Waals surface area contributed by atoms with Crippen LogP contribution in [-0.2, 0) is 18.4 Å². The Labute approximate surface area is 110 Å². The van der Waals surface area contributed by atoms with Crippen LogP contribution in [0.2, 0.25) is 0 Å². The summed E-state index contributed by atoms with van der Waals surface area (Å²) in [6.07, 6.45) is 2.74. The maximum Gasteiger partial charge on any atom is 0.345 e. The molecule has 2 aromatic rings. The van der Waals surface area contributed by atoms with Gasteiger partial charge < -0.3 is 4.79 Å². The highest BCUT2D eigenvalue weighted by Crippen LogP contribution is 2.10. The van der Waals surface area contributed by atoms with Gasteiger partial charge in [0.1, 0.15) is 11.5 Å². The van der Waals surface area contributed by atoms with Crippen LogP contribution in [0.15, 0.2) is 29.2 Å². The Kier molecular flexibility index (Phi) is 3.89. The Hall–Kier alpha value is -2.24. The van der Waals surface area contributed by atoms with E-state index in [9.17, 15) is 9.59 Å². The van der Waals surface area contributed by atoms with Gasteiger partial charge in [-0.1, -0.05) is 6.07 Å². The summed E-state index contributed by atoms with van der Waals surface area (Å²) in [6, 6.07) is 5.47. The first kappa shape index (κ1) is 13.2. The third kappa shape index (κ3) is 2.96. The second kappa shape index (κ2) is 5.60. The maximum absolute atomic E-state index is 12.0. The number of hydrogen-bond acceptors (Lipinski definition) is 4. The van der Waals surface area contributed by atoms with Crippen molar-refractivity contribution >= 4 is 5.78 Å². The lowest BCUT2D eigenvalue weighted by atomic mass is 10.2. The highest BCUT2D eigenvalue weighted by atomic mass is 16.2. The van der Waals surface area contributed by atoms with Crippen LogP contribution in [0.3, 0.4) is 0 Å². The molecule has 0 N–H and O–H groups in total. The van der Waals surface area contributed by atoms with Gasteiger partial charge >= 0.3 is 5.69 Å². The number of aryl methyl sites for hydroxylation is 1. The number of nitrogens with zero attached hydrogens (tertiary/aromatic N) is 4. The fourth-order valence-corrected chi connectivity index (χ4v) is 1.83. The minimum atomic E-state index is -0.191. The van der Waals surface area contributed by atoms with Gasteiger partial charge in [-0.3, -0.25) is 9.55 Å². The Morgan fingerprint density at radius 3 is 2.79 bits per heavy atom. The second-order valence-corrected chi connectivity index (χ2v) is 4.41. The molecule has 0 saturated carbocycles. The molecule has 0 fully saturated rings. The Balaban J connectivity index is 2.24. The number of carbonyl (C=O) groups excluding carboxylic acids is 1. The van der Waals surface area contributed by atoms with Crippen LogP contribution in [0, 0.1) is 0 Å². The number of pyridine rings is 1. The maximum atomic E-state index is 12.0. The monoisotopic (exact) mass is 260 g/mol. The topological polar surface area (TPSA) is 69.8 Å². The summed E-state index contributed by atoms with van der Waals surface area (Å²) in [5.41, 5.74) is 0.469. The summed E-state index contributed by atoms with van der Waals surface area (Å²) < 4.78 is 2.85. The van der Waals surface area contributed by atoms with Crippen LogP contribution < -0.4 is 5.69 Å². The number of Topliss-reactive ketones (excluding diaryl/α,β-unsaturated/α-hetero) is 1. The molecule has 0 bridgehead atoms. The third-order valence-corrected chi connectivity index (χ3v) is 2.83. The zero-order valence-corrected chi connectivity index (χ0v) is 11.0. The molecule has 0 aliphatic heterocycles. The van der Waals surface area contributed by atoms with Crippen molar-refractivity contribution in [3.8, 4) is 11.5 Å². The lowest BCUT2D eigenvalue weighted by Gasteiger charge is -1.97. The number of hydrogen-bond donors (Lipinski definition) is 0. The van der Waals surface area contributed by atoms with E-state index in [4.69, 9.17) is 0 Å². The second-order valence-electron chi connectivity index (χ2n) is 4.41. The standard InChI is InChI=1S/C13H16N4O2/c1-10(18)6-5-9-17-13(19)16(2)12(15-17)11-7-3-4-8-14-11/h3-4,7-8H,5-6,9H2,1-2H3. The summed E-state index contributed by atoms with van der Waals surface area (Å²) in [4.78, 5) is 27.1. The molecule has 6 heteroatoms. The lowest BCUT2D eigenvalue weighted by Crippen LogP contribution is -2.23. The first-order valence-corrected chi connectivity index (χ1v) is 6.14. The zero-order valence-electron chi connectivity index (χ0n) is 11.0. The molecule has 2 rings (SSSR count). The van der Waals surface area contributed by atoms with Gasteiger partial charge in [-0.25, -0.2) is 9.48 Å². The molecule has 6 nitrogen and oxygen atoms in total. The molecule has 2 aromatic heterocycles. The predicted molar refractivity (Wildman–Crippen MR) is 70.6 cm³/mol. The molecule has 0 spiro atoms. The number of carbonyl (C=O) groups is 1.